The van der Waals surface area contributed by atoms with Crippen molar-refractivity contribution in [2.45, 2.75) is 6.04 Å². The van der Waals surface area contributed by atoms with E-state index >= 15 is 0 Å². The van der Waals surface area contributed by atoms with Gasteiger partial charge in [-0.2, -0.15) is 0 Å². The van der Waals surface area contributed by atoms with Crippen molar-refractivity contribution in [2.24, 2.45) is 0 Å². The van der Waals surface area contributed by atoms with Gasteiger partial charge in [-0.05, 0) is 34.5 Å². The van der Waals surface area contributed by atoms with Crippen molar-refractivity contribution in [3.05, 3.63) is 71.2 Å². The first-order valence-corrected chi connectivity index (χ1v) is 11.2. The van der Waals surface area contributed by atoms with Crippen LogP contribution in [0, 0.1) is 0 Å². The zero-order valence-corrected chi connectivity index (χ0v) is 19.1. The fourth-order valence-corrected chi connectivity index (χ4v) is 4.26. The summed E-state index contributed by atoms with van der Waals surface area (Å²) in [6, 6.07) is 19.0. The number of halogens is 1. The van der Waals surface area contributed by atoms with E-state index in [-0.39, 0.29) is 12.6 Å². The monoisotopic (exact) mass is 467 g/mol. The Morgan fingerprint density at radius 1 is 1.06 bits per heavy atom. The van der Waals surface area contributed by atoms with Crippen molar-refractivity contribution < 1.29 is 19.1 Å². The van der Waals surface area contributed by atoms with E-state index in [1.807, 2.05) is 18.2 Å². The first-order valence-electron chi connectivity index (χ1n) is 10.8. The number of amides is 2. The van der Waals surface area contributed by atoms with Gasteiger partial charge < -0.3 is 20.1 Å². The van der Waals surface area contributed by atoms with Crippen molar-refractivity contribution in [1.82, 2.24) is 10.2 Å². The lowest BCUT2D eigenvalue weighted by atomic mass is 9.97. The van der Waals surface area contributed by atoms with Crippen molar-refractivity contribution in [3.63, 3.8) is 0 Å². The Kier molecular flexibility index (Phi) is 7.44. The molecule has 33 heavy (non-hydrogen) atoms. The van der Waals surface area contributed by atoms with Crippen LogP contribution in [-0.2, 0) is 14.3 Å². The maximum Gasteiger partial charge on any atom is 0.313 e. The number of nitrogens with one attached hydrogen (secondary N) is 2. The summed E-state index contributed by atoms with van der Waals surface area (Å²) in [5.41, 5.74) is 1.44. The molecule has 1 heterocycles. The maximum atomic E-state index is 12.7. The van der Waals surface area contributed by atoms with Crippen molar-refractivity contribution in [1.29, 1.82) is 0 Å². The molecule has 1 fully saturated rings. The molecule has 0 aliphatic carbocycles. The lowest BCUT2D eigenvalue weighted by Gasteiger charge is -2.35. The Labute approximate surface area is 197 Å². The summed E-state index contributed by atoms with van der Waals surface area (Å²) >= 11 is 6.02. The molecule has 1 unspecified atom stereocenters. The van der Waals surface area contributed by atoms with Gasteiger partial charge in [0, 0.05) is 24.7 Å². The molecule has 0 bridgehead atoms. The van der Waals surface area contributed by atoms with E-state index in [1.165, 1.54) is 13.2 Å². The summed E-state index contributed by atoms with van der Waals surface area (Å²) in [6.45, 7) is 3.03. The van der Waals surface area contributed by atoms with Gasteiger partial charge in [0.2, 0.25) is 0 Å². The van der Waals surface area contributed by atoms with Gasteiger partial charge >= 0.3 is 11.8 Å². The van der Waals surface area contributed by atoms with E-state index in [0.29, 0.717) is 29.7 Å². The van der Waals surface area contributed by atoms with Crippen LogP contribution in [0.4, 0.5) is 5.69 Å². The molecule has 3 aromatic carbocycles. The number of morpholine rings is 1. The standard InChI is InChI=1S/C25H26ClN3O4/c1-32-23-10-9-18(26)15-21(23)28-25(31)24(30)27-16-22(29-11-13-33-14-12-29)20-8-4-6-17-5-2-3-7-19(17)20/h2-10,15,22H,11-14,16H2,1H3,(H,27,30)(H,28,31). The minimum atomic E-state index is -0.783. The van der Waals surface area contributed by atoms with Gasteiger partial charge in [-0.1, -0.05) is 54.1 Å². The highest BCUT2D eigenvalue weighted by molar-refractivity contribution is 6.40. The summed E-state index contributed by atoms with van der Waals surface area (Å²) in [5, 5.41) is 8.07. The fourth-order valence-electron chi connectivity index (χ4n) is 4.09. The van der Waals surface area contributed by atoms with E-state index in [4.69, 9.17) is 21.1 Å². The Morgan fingerprint density at radius 2 is 1.82 bits per heavy atom. The molecule has 4 rings (SSSR count). The second-order valence-electron chi connectivity index (χ2n) is 7.74. The second kappa shape index (κ2) is 10.7. The zero-order chi connectivity index (χ0) is 23.2. The van der Waals surface area contributed by atoms with Crippen LogP contribution >= 0.6 is 11.6 Å². The number of carbonyl (C=O) groups excluding carboxylic acids is 2. The SMILES string of the molecule is COc1ccc(Cl)cc1NC(=O)C(=O)NCC(c1cccc2ccccc12)N1CCOCC1. The molecule has 0 aromatic heterocycles. The molecule has 1 atom stereocenters. The number of carbonyl (C=O) groups is 2. The lowest BCUT2D eigenvalue weighted by molar-refractivity contribution is -0.136. The smallest absolute Gasteiger partial charge is 0.313 e. The van der Waals surface area contributed by atoms with Crippen molar-refractivity contribution >= 4 is 39.9 Å². The van der Waals surface area contributed by atoms with Gasteiger partial charge in [-0.25, -0.2) is 0 Å². The van der Waals surface area contributed by atoms with Gasteiger partial charge in [-0.15, -0.1) is 0 Å². The third-order valence-corrected chi connectivity index (χ3v) is 5.98. The third kappa shape index (κ3) is 5.45. The minimum absolute atomic E-state index is 0.0996. The molecule has 172 valence electrons. The molecule has 1 saturated heterocycles. The van der Waals surface area contributed by atoms with E-state index in [1.54, 1.807) is 12.1 Å². The summed E-state index contributed by atoms with van der Waals surface area (Å²) in [4.78, 5) is 27.5. The number of methoxy groups -OCH3 is 1. The predicted molar refractivity (Wildman–Crippen MR) is 129 cm³/mol. The van der Waals surface area contributed by atoms with E-state index in [0.717, 1.165) is 29.4 Å². The third-order valence-electron chi connectivity index (χ3n) is 5.74. The average molecular weight is 468 g/mol. The molecular weight excluding hydrogens is 442 g/mol. The molecule has 8 heteroatoms. The van der Waals surface area contributed by atoms with Crippen molar-refractivity contribution in [3.8, 4) is 5.75 Å². The number of nitrogens with zero attached hydrogens (tertiary/aromatic N) is 1. The van der Waals surface area contributed by atoms with Gasteiger partial charge in [0.05, 0.1) is 32.1 Å². The second-order valence-corrected chi connectivity index (χ2v) is 8.18. The molecule has 7 nitrogen and oxygen atoms in total. The topological polar surface area (TPSA) is 79.9 Å². The molecule has 2 amide bonds. The number of ether oxygens (including phenoxy) is 2. The summed E-state index contributed by atoms with van der Waals surface area (Å²) in [5.74, 6) is -1.09. The molecule has 0 spiro atoms. The Hall–Kier alpha value is -3.13. The highest BCUT2D eigenvalue weighted by Gasteiger charge is 2.26. The number of anilines is 1. The Morgan fingerprint density at radius 3 is 2.61 bits per heavy atom. The quantitative estimate of drug-likeness (QED) is 0.541. The maximum absolute atomic E-state index is 12.7. The van der Waals surface area contributed by atoms with Crippen LogP contribution in [0.5, 0.6) is 5.75 Å². The first-order chi connectivity index (χ1) is 16.1. The van der Waals surface area contributed by atoms with Crippen LogP contribution in [0.15, 0.2) is 60.7 Å². The van der Waals surface area contributed by atoms with E-state index in [9.17, 15) is 9.59 Å². The van der Waals surface area contributed by atoms with Crippen LogP contribution in [-0.4, -0.2) is 56.7 Å². The number of hydrogen-bond donors (Lipinski definition) is 2. The first kappa shape index (κ1) is 23.0. The van der Waals surface area contributed by atoms with Gasteiger partial charge in [0.25, 0.3) is 0 Å². The van der Waals surface area contributed by atoms with Crippen molar-refractivity contribution in [2.75, 3.05) is 45.3 Å². The van der Waals surface area contributed by atoms with E-state index < -0.39 is 11.8 Å². The summed E-state index contributed by atoms with van der Waals surface area (Å²) in [6.07, 6.45) is 0. The van der Waals surface area contributed by atoms with Gasteiger partial charge in [-0.3, -0.25) is 14.5 Å². The summed E-state index contributed by atoms with van der Waals surface area (Å²) in [7, 11) is 1.48. The van der Waals surface area contributed by atoms with Gasteiger partial charge in [0.15, 0.2) is 0 Å². The largest absolute Gasteiger partial charge is 0.495 e. The molecule has 3 aromatic rings. The number of hydrogen-bond acceptors (Lipinski definition) is 5. The van der Waals surface area contributed by atoms with Gasteiger partial charge in [0.1, 0.15) is 5.75 Å². The molecule has 2 N–H and O–H groups in total. The molecule has 1 aliphatic heterocycles. The van der Waals surface area contributed by atoms with Crippen LogP contribution in [0.2, 0.25) is 5.02 Å². The summed E-state index contributed by atoms with van der Waals surface area (Å²) < 4.78 is 10.8. The zero-order valence-electron chi connectivity index (χ0n) is 18.3. The van der Waals surface area contributed by atoms with Crippen LogP contribution in [0.1, 0.15) is 11.6 Å². The molecule has 0 saturated carbocycles. The van der Waals surface area contributed by atoms with Crippen LogP contribution < -0.4 is 15.4 Å². The predicted octanol–water partition coefficient (Wildman–Crippen LogP) is 3.63. The molecular formula is C25H26ClN3O4. The lowest BCUT2D eigenvalue weighted by Crippen LogP contribution is -2.45. The normalized spacial score (nSPS) is 15.1. The average Bonchev–Trinajstić information content (AvgIpc) is 2.85. The Balaban J connectivity index is 1.52. The van der Waals surface area contributed by atoms with E-state index in [2.05, 4.69) is 39.8 Å². The minimum Gasteiger partial charge on any atom is -0.495 e. The van der Waals surface area contributed by atoms with Crippen LogP contribution in [0.3, 0.4) is 0 Å². The Bertz CT molecular complexity index is 1140. The molecule has 1 aliphatic rings. The highest BCUT2D eigenvalue weighted by Crippen LogP contribution is 2.29. The highest BCUT2D eigenvalue weighted by atomic mass is 35.5. The number of benzene rings is 3. The fraction of sp³-hybridized carbons (Fsp3) is 0.280. The molecule has 0 radical (unpaired) electrons. The van der Waals surface area contributed by atoms with Crippen LogP contribution in [0.25, 0.3) is 10.8 Å². The number of rotatable bonds is 6. The number of fused-ring (bicyclic) bond motifs is 1.